The minimum atomic E-state index is 0.658. The van der Waals surface area contributed by atoms with Crippen molar-refractivity contribution in [2.24, 2.45) is 5.92 Å². The van der Waals surface area contributed by atoms with Crippen molar-refractivity contribution < 1.29 is 0 Å². The molecular weight excluding hydrogens is 346 g/mol. The first kappa shape index (κ1) is 16.5. The van der Waals surface area contributed by atoms with Gasteiger partial charge in [0.1, 0.15) is 0 Å². The fraction of sp³-hybridized carbons (Fsp3) is 0.438. The summed E-state index contributed by atoms with van der Waals surface area (Å²) in [5, 5.41) is 5.69. The third-order valence-corrected chi connectivity index (χ3v) is 4.75. The number of rotatable bonds is 7. The normalized spacial score (nSPS) is 11.1. The molecule has 0 aliphatic heterocycles. The molecule has 1 N–H and O–H groups in total. The molecule has 114 valence electrons. The monoisotopic (exact) mass is 367 g/mol. The van der Waals surface area contributed by atoms with Crippen molar-refractivity contribution in [1.82, 2.24) is 10.3 Å². The second-order valence-corrected chi connectivity index (χ2v) is 7.93. The first-order valence-electron chi connectivity index (χ1n) is 7.14. The summed E-state index contributed by atoms with van der Waals surface area (Å²) in [6.45, 7) is 7.23. The number of nitrogens with zero attached hydrogens (tertiary/aromatic N) is 2. The number of halogens is 1. The fourth-order valence-corrected chi connectivity index (χ4v) is 3.41. The van der Waals surface area contributed by atoms with Gasteiger partial charge in [0.05, 0.1) is 3.79 Å². The molecular formula is C16H22BrN3S. The van der Waals surface area contributed by atoms with Crippen LogP contribution in [0.25, 0.3) is 0 Å². The quantitative estimate of drug-likeness (QED) is 0.790. The lowest BCUT2D eigenvalue weighted by atomic mass is 10.2. The zero-order chi connectivity index (χ0) is 15.2. The van der Waals surface area contributed by atoms with E-state index >= 15 is 0 Å². The highest BCUT2D eigenvalue weighted by molar-refractivity contribution is 9.11. The smallest absolute Gasteiger partial charge is 0.0701 e. The third kappa shape index (κ3) is 5.09. The van der Waals surface area contributed by atoms with Gasteiger partial charge in [-0.2, -0.15) is 0 Å². The lowest BCUT2D eigenvalue weighted by Crippen LogP contribution is -2.23. The molecule has 0 spiro atoms. The maximum Gasteiger partial charge on any atom is 0.0701 e. The van der Waals surface area contributed by atoms with Crippen LogP contribution in [0.3, 0.4) is 0 Å². The zero-order valence-corrected chi connectivity index (χ0v) is 15.2. The van der Waals surface area contributed by atoms with Crippen LogP contribution in [-0.4, -0.2) is 18.6 Å². The second-order valence-electron chi connectivity index (χ2n) is 5.64. The highest BCUT2D eigenvalue weighted by Crippen LogP contribution is 2.24. The van der Waals surface area contributed by atoms with Gasteiger partial charge in [0.25, 0.3) is 0 Å². The van der Waals surface area contributed by atoms with Crippen LogP contribution >= 0.6 is 27.3 Å². The fourth-order valence-electron chi connectivity index (χ4n) is 2.21. The molecule has 0 saturated heterocycles. The summed E-state index contributed by atoms with van der Waals surface area (Å²) < 4.78 is 1.18. The van der Waals surface area contributed by atoms with Crippen LogP contribution in [0.1, 0.15) is 25.0 Å². The number of hydrogen-bond acceptors (Lipinski definition) is 4. The Morgan fingerprint density at radius 3 is 2.90 bits per heavy atom. The molecule has 0 fully saturated rings. The summed E-state index contributed by atoms with van der Waals surface area (Å²) in [7, 11) is 2.13. The van der Waals surface area contributed by atoms with Gasteiger partial charge < -0.3 is 10.2 Å². The van der Waals surface area contributed by atoms with Crippen molar-refractivity contribution in [1.29, 1.82) is 0 Å². The molecule has 3 nitrogen and oxygen atoms in total. The summed E-state index contributed by atoms with van der Waals surface area (Å²) in [5.74, 6) is 0.658. The van der Waals surface area contributed by atoms with E-state index in [1.54, 1.807) is 11.3 Å². The van der Waals surface area contributed by atoms with Crippen molar-refractivity contribution in [3.05, 3.63) is 44.8 Å². The Balaban J connectivity index is 2.04. The summed E-state index contributed by atoms with van der Waals surface area (Å²) in [6.07, 6.45) is 3.82. The van der Waals surface area contributed by atoms with Gasteiger partial charge >= 0.3 is 0 Å². The Bertz CT molecular complexity index is 568. The van der Waals surface area contributed by atoms with E-state index in [-0.39, 0.29) is 0 Å². The number of anilines is 1. The van der Waals surface area contributed by atoms with Crippen LogP contribution in [0.5, 0.6) is 0 Å². The summed E-state index contributed by atoms with van der Waals surface area (Å²) in [5.41, 5.74) is 3.81. The Hall–Kier alpha value is -0.910. The number of aromatic nitrogens is 1. The van der Waals surface area contributed by atoms with E-state index in [1.807, 2.05) is 12.4 Å². The second kappa shape index (κ2) is 7.92. The molecule has 21 heavy (non-hydrogen) atoms. The molecule has 0 aromatic carbocycles. The third-order valence-electron chi connectivity index (χ3n) is 3.20. The van der Waals surface area contributed by atoms with E-state index in [0.29, 0.717) is 5.92 Å². The van der Waals surface area contributed by atoms with Gasteiger partial charge in [0.15, 0.2) is 0 Å². The van der Waals surface area contributed by atoms with Gasteiger partial charge in [-0.05, 0) is 51.5 Å². The average molecular weight is 368 g/mol. The molecule has 2 aromatic heterocycles. The Labute approximate surface area is 139 Å². The maximum absolute atomic E-state index is 4.26. The van der Waals surface area contributed by atoms with Crippen molar-refractivity contribution in [2.45, 2.75) is 26.9 Å². The summed E-state index contributed by atoms with van der Waals surface area (Å²) in [4.78, 5) is 6.54. The van der Waals surface area contributed by atoms with Gasteiger partial charge in [-0.3, -0.25) is 4.98 Å². The van der Waals surface area contributed by atoms with Gasteiger partial charge in [-0.15, -0.1) is 11.3 Å². The van der Waals surface area contributed by atoms with Crippen LogP contribution in [0.15, 0.2) is 33.7 Å². The summed E-state index contributed by atoms with van der Waals surface area (Å²) in [6, 6.07) is 4.27. The van der Waals surface area contributed by atoms with Crippen molar-refractivity contribution in [3.8, 4) is 0 Å². The first-order valence-corrected chi connectivity index (χ1v) is 8.81. The van der Waals surface area contributed by atoms with Crippen LogP contribution in [0, 0.1) is 5.92 Å². The molecule has 0 unspecified atom stereocenters. The van der Waals surface area contributed by atoms with E-state index in [4.69, 9.17) is 0 Å². The molecule has 2 heterocycles. The standard InChI is InChI=1S/C16H22BrN3S/c1-12(2)7-19-9-14-8-18-5-4-15(14)20(3)10-13-6-16(17)21-11-13/h4-6,8,11-12,19H,7,9-10H2,1-3H3. The highest BCUT2D eigenvalue weighted by atomic mass is 79.9. The topological polar surface area (TPSA) is 28.2 Å². The number of nitrogens with one attached hydrogen (secondary N) is 1. The predicted molar refractivity (Wildman–Crippen MR) is 94.9 cm³/mol. The lowest BCUT2D eigenvalue weighted by Gasteiger charge is -2.22. The Kier molecular flexibility index (Phi) is 6.21. The van der Waals surface area contributed by atoms with Gasteiger partial charge in [0.2, 0.25) is 0 Å². The number of thiophene rings is 1. The van der Waals surface area contributed by atoms with E-state index in [2.05, 4.69) is 69.5 Å². The number of hydrogen-bond donors (Lipinski definition) is 1. The van der Waals surface area contributed by atoms with E-state index in [9.17, 15) is 0 Å². The Morgan fingerprint density at radius 1 is 1.43 bits per heavy atom. The van der Waals surface area contributed by atoms with Gasteiger partial charge in [0, 0.05) is 43.8 Å². The molecule has 0 saturated carbocycles. The van der Waals surface area contributed by atoms with Crippen LogP contribution in [-0.2, 0) is 13.1 Å². The number of pyridine rings is 1. The molecule has 0 atom stereocenters. The predicted octanol–water partition coefficient (Wildman–Crippen LogP) is 4.29. The minimum Gasteiger partial charge on any atom is -0.370 e. The molecule has 0 aliphatic rings. The molecule has 2 aromatic rings. The largest absolute Gasteiger partial charge is 0.370 e. The Morgan fingerprint density at radius 2 is 2.24 bits per heavy atom. The average Bonchev–Trinajstić information content (AvgIpc) is 2.84. The van der Waals surface area contributed by atoms with Crippen molar-refractivity contribution in [3.63, 3.8) is 0 Å². The van der Waals surface area contributed by atoms with Crippen molar-refractivity contribution in [2.75, 3.05) is 18.5 Å². The van der Waals surface area contributed by atoms with Gasteiger partial charge in [-0.1, -0.05) is 13.8 Å². The molecule has 2 rings (SSSR count). The van der Waals surface area contributed by atoms with Crippen LogP contribution in [0.4, 0.5) is 5.69 Å². The van der Waals surface area contributed by atoms with Crippen LogP contribution in [0.2, 0.25) is 0 Å². The van der Waals surface area contributed by atoms with E-state index in [0.717, 1.165) is 19.6 Å². The minimum absolute atomic E-state index is 0.658. The molecule has 0 amide bonds. The highest BCUT2D eigenvalue weighted by Gasteiger charge is 2.09. The maximum atomic E-state index is 4.26. The summed E-state index contributed by atoms with van der Waals surface area (Å²) >= 11 is 5.25. The molecule has 5 heteroatoms. The zero-order valence-electron chi connectivity index (χ0n) is 12.8. The molecule has 0 radical (unpaired) electrons. The SMILES string of the molecule is CC(C)CNCc1cnccc1N(C)Cc1csc(Br)c1. The van der Waals surface area contributed by atoms with Gasteiger partial charge in [-0.25, -0.2) is 0 Å². The van der Waals surface area contributed by atoms with Crippen LogP contribution < -0.4 is 10.2 Å². The van der Waals surface area contributed by atoms with E-state index in [1.165, 1.54) is 20.6 Å². The van der Waals surface area contributed by atoms with Crippen molar-refractivity contribution >= 4 is 33.0 Å². The van der Waals surface area contributed by atoms with E-state index < -0.39 is 0 Å². The first-order chi connectivity index (χ1) is 10.1. The molecule has 0 aliphatic carbocycles. The lowest BCUT2D eigenvalue weighted by molar-refractivity contribution is 0.551. The molecule has 0 bridgehead atoms.